The fourth-order valence-electron chi connectivity index (χ4n) is 1.79. The van der Waals surface area contributed by atoms with Crippen LogP contribution < -0.4 is 11.1 Å². The molecule has 0 saturated heterocycles. The summed E-state index contributed by atoms with van der Waals surface area (Å²) in [7, 11) is 0. The smallest absolute Gasteiger partial charge is 0.366 e. The minimum atomic E-state index is -4.28. The number of alkyl halides is 3. The highest BCUT2D eigenvalue weighted by Crippen LogP contribution is 2.26. The number of primary amides is 1. The van der Waals surface area contributed by atoms with Gasteiger partial charge < -0.3 is 11.1 Å². The van der Waals surface area contributed by atoms with Gasteiger partial charge in [0.05, 0.1) is 17.0 Å². The second-order valence-corrected chi connectivity index (χ2v) is 4.94. The van der Waals surface area contributed by atoms with Crippen LogP contribution in [0.1, 0.15) is 15.9 Å². The average molecular weight is 330 g/mol. The maximum absolute atomic E-state index is 12.4. The van der Waals surface area contributed by atoms with Gasteiger partial charge in [0.1, 0.15) is 5.82 Å². The molecule has 3 N–H and O–H groups in total. The van der Waals surface area contributed by atoms with Crippen LogP contribution in [0.5, 0.6) is 0 Å². The number of hydrogen-bond donors (Lipinski definition) is 2. The van der Waals surface area contributed by atoms with Crippen LogP contribution in [-0.4, -0.2) is 17.1 Å². The number of nitrogens with zero attached hydrogens (tertiary/aromatic N) is 1. The second kappa shape index (κ2) is 6.23. The maximum atomic E-state index is 12.4. The lowest BCUT2D eigenvalue weighted by atomic mass is 10.1. The first kappa shape index (κ1) is 16.1. The normalized spacial score (nSPS) is 11.3. The Labute approximate surface area is 129 Å². The van der Waals surface area contributed by atoms with Crippen LogP contribution in [0.3, 0.4) is 0 Å². The molecule has 4 nitrogen and oxygen atoms in total. The number of anilines is 2. The molecule has 8 heteroatoms. The third-order valence-electron chi connectivity index (χ3n) is 2.72. The summed E-state index contributed by atoms with van der Waals surface area (Å²) in [6.45, 7) is 0. The van der Waals surface area contributed by atoms with Gasteiger partial charge in [-0.1, -0.05) is 23.7 Å². The van der Waals surface area contributed by atoms with E-state index in [1.165, 1.54) is 30.5 Å². The van der Waals surface area contributed by atoms with Crippen molar-refractivity contribution in [3.63, 3.8) is 0 Å². The molecule has 2 rings (SSSR count). The Hall–Kier alpha value is -2.28. The summed E-state index contributed by atoms with van der Waals surface area (Å²) in [4.78, 5) is 14.9. The van der Waals surface area contributed by atoms with E-state index in [0.29, 0.717) is 5.69 Å². The van der Waals surface area contributed by atoms with E-state index >= 15 is 0 Å². The highest BCUT2D eigenvalue weighted by atomic mass is 35.5. The second-order valence-electron chi connectivity index (χ2n) is 4.54. The van der Waals surface area contributed by atoms with Crippen molar-refractivity contribution in [1.29, 1.82) is 0 Å². The van der Waals surface area contributed by atoms with Gasteiger partial charge in [-0.25, -0.2) is 4.98 Å². The topological polar surface area (TPSA) is 68.0 Å². The van der Waals surface area contributed by atoms with Crippen LogP contribution >= 0.6 is 11.6 Å². The van der Waals surface area contributed by atoms with E-state index in [1.807, 2.05) is 0 Å². The number of hydrogen-bond acceptors (Lipinski definition) is 3. The maximum Gasteiger partial charge on any atom is 0.393 e. The van der Waals surface area contributed by atoms with Gasteiger partial charge in [-0.15, -0.1) is 0 Å². The van der Waals surface area contributed by atoms with E-state index in [9.17, 15) is 18.0 Å². The Morgan fingerprint density at radius 1 is 1.32 bits per heavy atom. The molecule has 1 amide bonds. The Morgan fingerprint density at radius 3 is 2.64 bits per heavy atom. The molecule has 0 radical (unpaired) electrons. The van der Waals surface area contributed by atoms with Crippen molar-refractivity contribution >= 4 is 29.0 Å². The molecular formula is C14H11ClF3N3O. The number of nitrogens with two attached hydrogens (primary N) is 1. The first-order chi connectivity index (χ1) is 10.2. The van der Waals surface area contributed by atoms with Gasteiger partial charge in [0.25, 0.3) is 0 Å². The number of carbonyl (C=O) groups is 1. The highest BCUT2D eigenvalue weighted by molar-refractivity contribution is 6.33. The molecule has 1 heterocycles. The first-order valence-corrected chi connectivity index (χ1v) is 6.50. The van der Waals surface area contributed by atoms with Gasteiger partial charge in [-0.3, -0.25) is 4.79 Å². The Morgan fingerprint density at radius 2 is 2.05 bits per heavy atom. The van der Waals surface area contributed by atoms with E-state index in [4.69, 9.17) is 17.3 Å². The van der Waals surface area contributed by atoms with Gasteiger partial charge in [0, 0.05) is 11.9 Å². The van der Waals surface area contributed by atoms with Crippen molar-refractivity contribution in [2.24, 2.45) is 5.73 Å². The number of nitrogens with one attached hydrogen (secondary N) is 1. The van der Waals surface area contributed by atoms with Crippen molar-refractivity contribution in [2.45, 2.75) is 12.6 Å². The van der Waals surface area contributed by atoms with Crippen molar-refractivity contribution in [3.8, 4) is 0 Å². The number of pyridine rings is 1. The third kappa shape index (κ3) is 4.36. The summed E-state index contributed by atoms with van der Waals surface area (Å²) < 4.78 is 37.2. The molecule has 0 bridgehead atoms. The van der Waals surface area contributed by atoms with Gasteiger partial charge in [-0.05, 0) is 23.8 Å². The predicted octanol–water partition coefficient (Wildman–Crippen LogP) is 3.68. The molecule has 0 aliphatic carbocycles. The van der Waals surface area contributed by atoms with Gasteiger partial charge >= 0.3 is 6.18 Å². The Bertz CT molecular complexity index is 704. The summed E-state index contributed by atoms with van der Waals surface area (Å²) in [6.07, 6.45) is -4.07. The zero-order valence-corrected chi connectivity index (χ0v) is 11.9. The van der Waals surface area contributed by atoms with Crippen LogP contribution in [0.15, 0.2) is 36.5 Å². The van der Waals surface area contributed by atoms with Crippen molar-refractivity contribution in [2.75, 3.05) is 5.32 Å². The van der Waals surface area contributed by atoms with E-state index in [1.54, 1.807) is 6.07 Å². The molecule has 0 aliphatic rings. The molecule has 22 heavy (non-hydrogen) atoms. The van der Waals surface area contributed by atoms with Crippen LogP contribution in [-0.2, 0) is 6.42 Å². The lowest BCUT2D eigenvalue weighted by Crippen LogP contribution is -2.12. The summed E-state index contributed by atoms with van der Waals surface area (Å²) in [5.41, 5.74) is 5.76. The number of amides is 1. The molecular weight excluding hydrogens is 319 g/mol. The molecule has 0 atom stereocenters. The molecule has 116 valence electrons. The fraction of sp³-hybridized carbons (Fsp3) is 0.143. The van der Waals surface area contributed by atoms with Gasteiger partial charge in [-0.2, -0.15) is 13.2 Å². The number of rotatable bonds is 4. The lowest BCUT2D eigenvalue weighted by molar-refractivity contribution is -0.127. The zero-order valence-electron chi connectivity index (χ0n) is 11.1. The van der Waals surface area contributed by atoms with E-state index < -0.39 is 18.5 Å². The van der Waals surface area contributed by atoms with Crippen LogP contribution in [0.25, 0.3) is 0 Å². The number of halogens is 4. The minimum absolute atomic E-state index is 0.113. The number of benzene rings is 1. The largest absolute Gasteiger partial charge is 0.393 e. The molecule has 2 aromatic rings. The summed E-state index contributed by atoms with van der Waals surface area (Å²) >= 11 is 5.96. The van der Waals surface area contributed by atoms with Gasteiger partial charge in [0.2, 0.25) is 5.91 Å². The van der Waals surface area contributed by atoms with Gasteiger partial charge in [0.15, 0.2) is 0 Å². The van der Waals surface area contributed by atoms with E-state index in [0.717, 1.165) is 0 Å². The molecule has 0 aliphatic heterocycles. The molecule has 0 saturated carbocycles. The Balaban J connectivity index is 2.20. The quantitative estimate of drug-likeness (QED) is 0.899. The number of aromatic nitrogens is 1. The van der Waals surface area contributed by atoms with E-state index in [-0.39, 0.29) is 22.0 Å². The molecule has 1 aromatic heterocycles. The number of carbonyl (C=O) groups excluding carboxylic acids is 1. The monoisotopic (exact) mass is 329 g/mol. The zero-order chi connectivity index (χ0) is 16.3. The lowest BCUT2D eigenvalue weighted by Gasteiger charge is -2.11. The average Bonchev–Trinajstić information content (AvgIpc) is 2.39. The summed E-state index contributed by atoms with van der Waals surface area (Å²) in [5, 5.41) is 2.94. The Kier molecular flexibility index (Phi) is 4.56. The van der Waals surface area contributed by atoms with Crippen molar-refractivity contribution in [3.05, 3.63) is 52.7 Å². The van der Waals surface area contributed by atoms with E-state index in [2.05, 4.69) is 10.3 Å². The summed E-state index contributed by atoms with van der Waals surface area (Å²) in [6, 6.07) is 7.14. The minimum Gasteiger partial charge on any atom is -0.366 e. The standard InChI is InChI=1S/C14H11ClF3N3O/c15-11-5-9(12(19)22)7-20-13(11)21-10-3-1-2-8(4-10)6-14(16,17)18/h1-5,7H,6H2,(H2,19,22)(H,20,21). The molecule has 0 spiro atoms. The van der Waals surface area contributed by atoms with Crippen LogP contribution in [0.2, 0.25) is 5.02 Å². The van der Waals surface area contributed by atoms with Crippen molar-refractivity contribution < 1.29 is 18.0 Å². The predicted molar refractivity (Wildman–Crippen MR) is 77.2 cm³/mol. The third-order valence-corrected chi connectivity index (χ3v) is 3.01. The van der Waals surface area contributed by atoms with Crippen LogP contribution in [0, 0.1) is 0 Å². The SMILES string of the molecule is NC(=O)c1cnc(Nc2cccc(CC(F)(F)F)c2)c(Cl)c1. The van der Waals surface area contributed by atoms with Crippen molar-refractivity contribution in [1.82, 2.24) is 4.98 Å². The fourth-order valence-corrected chi connectivity index (χ4v) is 2.01. The summed E-state index contributed by atoms with van der Waals surface area (Å²) in [5.74, 6) is -0.455. The first-order valence-electron chi connectivity index (χ1n) is 6.13. The molecule has 0 fully saturated rings. The molecule has 0 unspecified atom stereocenters. The highest BCUT2D eigenvalue weighted by Gasteiger charge is 2.27. The van der Waals surface area contributed by atoms with Crippen LogP contribution in [0.4, 0.5) is 24.7 Å². The molecule has 1 aromatic carbocycles.